The van der Waals surface area contributed by atoms with Gasteiger partial charge in [0.15, 0.2) is 0 Å². The Hall–Kier alpha value is -2.78. The normalized spacial score (nSPS) is 14.7. The lowest BCUT2D eigenvalue weighted by Crippen LogP contribution is -2.38. The van der Waals surface area contributed by atoms with Crippen LogP contribution in [0.5, 0.6) is 5.75 Å². The summed E-state index contributed by atoms with van der Waals surface area (Å²) >= 11 is 0. The molecule has 1 fully saturated rings. The van der Waals surface area contributed by atoms with E-state index in [4.69, 9.17) is 9.47 Å². The van der Waals surface area contributed by atoms with Gasteiger partial charge in [0.05, 0.1) is 18.8 Å². The van der Waals surface area contributed by atoms with Crippen molar-refractivity contribution < 1.29 is 27.4 Å². The Labute approximate surface area is 185 Å². The molecule has 1 saturated heterocycles. The maximum absolute atomic E-state index is 12.6. The first kappa shape index (κ1) is 23.9. The van der Waals surface area contributed by atoms with Crippen molar-refractivity contribution >= 4 is 6.03 Å². The molecule has 0 radical (unpaired) electrons. The molecule has 0 saturated carbocycles. The van der Waals surface area contributed by atoms with Crippen LogP contribution in [0.2, 0.25) is 0 Å². The summed E-state index contributed by atoms with van der Waals surface area (Å²) < 4.78 is 48.9. The molecule has 2 aromatic rings. The molecule has 6 nitrogen and oxygen atoms in total. The van der Waals surface area contributed by atoms with E-state index < -0.39 is 11.7 Å². The summed E-state index contributed by atoms with van der Waals surface area (Å²) in [7, 11) is 0. The summed E-state index contributed by atoms with van der Waals surface area (Å²) in [5, 5.41) is 5.49. The Morgan fingerprint density at radius 3 is 2.50 bits per heavy atom. The smallest absolute Gasteiger partial charge is 0.416 e. The van der Waals surface area contributed by atoms with E-state index in [0.717, 1.165) is 61.9 Å². The molecule has 0 aliphatic carbocycles. The molecule has 2 amide bonds. The van der Waals surface area contributed by atoms with Crippen LogP contribution in [0.3, 0.4) is 0 Å². The van der Waals surface area contributed by atoms with E-state index in [-0.39, 0.29) is 6.03 Å². The third-order valence-electron chi connectivity index (χ3n) is 5.11. The Morgan fingerprint density at radius 2 is 1.78 bits per heavy atom. The highest BCUT2D eigenvalue weighted by molar-refractivity contribution is 5.73. The highest BCUT2D eigenvalue weighted by Crippen LogP contribution is 2.29. The van der Waals surface area contributed by atoms with E-state index in [2.05, 4.69) is 15.5 Å². The fraction of sp³-hybridized carbons (Fsp3) is 0.435. The molecular formula is C23H28F3N3O3. The van der Waals surface area contributed by atoms with Gasteiger partial charge < -0.3 is 20.1 Å². The molecule has 0 unspecified atom stereocenters. The van der Waals surface area contributed by atoms with Crippen LogP contribution in [0, 0.1) is 0 Å². The van der Waals surface area contributed by atoms with Gasteiger partial charge in [-0.3, -0.25) is 4.90 Å². The van der Waals surface area contributed by atoms with Crippen LogP contribution in [-0.4, -0.2) is 56.9 Å². The molecular weight excluding hydrogens is 423 g/mol. The second kappa shape index (κ2) is 11.7. The number of amides is 2. The van der Waals surface area contributed by atoms with E-state index in [0.29, 0.717) is 26.1 Å². The number of hydrogen-bond acceptors (Lipinski definition) is 4. The maximum atomic E-state index is 12.6. The molecule has 0 aromatic heterocycles. The summed E-state index contributed by atoms with van der Waals surface area (Å²) in [5.74, 6) is 0.750. The second-order valence-electron chi connectivity index (χ2n) is 7.50. The minimum Gasteiger partial charge on any atom is -0.492 e. The van der Waals surface area contributed by atoms with Gasteiger partial charge >= 0.3 is 12.2 Å². The van der Waals surface area contributed by atoms with E-state index in [9.17, 15) is 18.0 Å². The Morgan fingerprint density at radius 1 is 1.03 bits per heavy atom. The summed E-state index contributed by atoms with van der Waals surface area (Å²) in [6.07, 6.45) is -3.90. The SMILES string of the molecule is O=C(NCCc1ccc(C(F)(F)F)cc1)NCc1cccc(OCCN2CCOCC2)c1. The summed E-state index contributed by atoms with van der Waals surface area (Å²) in [6, 6.07) is 12.2. The third kappa shape index (κ3) is 8.05. The van der Waals surface area contributed by atoms with Gasteiger partial charge in [0, 0.05) is 32.7 Å². The molecule has 0 atom stereocenters. The van der Waals surface area contributed by atoms with Crippen LogP contribution in [-0.2, 0) is 23.9 Å². The lowest BCUT2D eigenvalue weighted by Gasteiger charge is -2.26. The van der Waals surface area contributed by atoms with Crippen molar-refractivity contribution in [3.63, 3.8) is 0 Å². The van der Waals surface area contributed by atoms with Gasteiger partial charge in [0.25, 0.3) is 0 Å². The van der Waals surface area contributed by atoms with Gasteiger partial charge in [0.1, 0.15) is 12.4 Å². The van der Waals surface area contributed by atoms with E-state index >= 15 is 0 Å². The zero-order valence-corrected chi connectivity index (χ0v) is 17.8. The molecule has 3 rings (SSSR count). The number of carbonyl (C=O) groups excluding carboxylic acids is 1. The lowest BCUT2D eigenvalue weighted by atomic mass is 10.1. The standard InChI is InChI=1S/C23H28F3N3O3/c24-23(25,26)20-6-4-18(5-7-20)8-9-27-22(30)28-17-19-2-1-3-21(16-19)32-15-12-29-10-13-31-14-11-29/h1-7,16H,8-15,17H2,(H2,27,28,30). The number of nitrogens with one attached hydrogen (secondary N) is 2. The molecule has 2 N–H and O–H groups in total. The molecule has 1 aliphatic rings. The van der Waals surface area contributed by atoms with Gasteiger partial charge in [-0.25, -0.2) is 4.79 Å². The number of benzene rings is 2. The third-order valence-corrected chi connectivity index (χ3v) is 5.11. The van der Waals surface area contributed by atoms with Crippen molar-refractivity contribution in [3.05, 3.63) is 65.2 Å². The largest absolute Gasteiger partial charge is 0.492 e. The van der Waals surface area contributed by atoms with Crippen LogP contribution < -0.4 is 15.4 Å². The number of alkyl halides is 3. The number of nitrogens with zero attached hydrogens (tertiary/aromatic N) is 1. The number of rotatable bonds is 9. The quantitative estimate of drug-likeness (QED) is 0.613. The monoisotopic (exact) mass is 451 g/mol. The number of halogens is 3. The Balaban J connectivity index is 1.34. The summed E-state index contributed by atoms with van der Waals surface area (Å²) in [4.78, 5) is 14.3. The Bertz CT molecular complexity index is 854. The summed E-state index contributed by atoms with van der Waals surface area (Å²) in [5.41, 5.74) is 0.950. The highest BCUT2D eigenvalue weighted by atomic mass is 19.4. The second-order valence-corrected chi connectivity index (χ2v) is 7.50. The van der Waals surface area contributed by atoms with Crippen LogP contribution in [0.1, 0.15) is 16.7 Å². The lowest BCUT2D eigenvalue weighted by molar-refractivity contribution is -0.137. The van der Waals surface area contributed by atoms with Gasteiger partial charge in [-0.15, -0.1) is 0 Å². The average Bonchev–Trinajstić information content (AvgIpc) is 2.78. The van der Waals surface area contributed by atoms with E-state index in [1.807, 2.05) is 24.3 Å². The van der Waals surface area contributed by atoms with Gasteiger partial charge in [-0.05, 0) is 41.8 Å². The predicted octanol–water partition coefficient (Wildman–Crippen LogP) is 3.46. The first-order valence-corrected chi connectivity index (χ1v) is 10.6. The van der Waals surface area contributed by atoms with E-state index in [1.165, 1.54) is 12.1 Å². The van der Waals surface area contributed by atoms with Crippen LogP contribution >= 0.6 is 0 Å². The fourth-order valence-electron chi connectivity index (χ4n) is 3.29. The number of morpholine rings is 1. The van der Waals surface area contributed by atoms with Crippen molar-refractivity contribution in [3.8, 4) is 5.75 Å². The van der Waals surface area contributed by atoms with Crippen molar-refractivity contribution in [2.45, 2.75) is 19.1 Å². The van der Waals surface area contributed by atoms with Gasteiger partial charge in [0.2, 0.25) is 0 Å². The van der Waals surface area contributed by atoms with Crippen LogP contribution in [0.4, 0.5) is 18.0 Å². The van der Waals surface area contributed by atoms with Gasteiger partial charge in [-0.2, -0.15) is 13.2 Å². The number of urea groups is 1. The van der Waals surface area contributed by atoms with Crippen molar-refractivity contribution in [1.29, 1.82) is 0 Å². The molecule has 0 spiro atoms. The first-order chi connectivity index (χ1) is 15.4. The van der Waals surface area contributed by atoms with Crippen LogP contribution in [0.25, 0.3) is 0 Å². The molecule has 1 aliphatic heterocycles. The minimum atomic E-state index is -4.35. The number of hydrogen-bond donors (Lipinski definition) is 2. The van der Waals surface area contributed by atoms with Crippen LogP contribution in [0.15, 0.2) is 48.5 Å². The number of carbonyl (C=O) groups is 1. The molecule has 0 bridgehead atoms. The van der Waals surface area contributed by atoms with E-state index in [1.54, 1.807) is 0 Å². The molecule has 2 aromatic carbocycles. The topological polar surface area (TPSA) is 62.8 Å². The average molecular weight is 451 g/mol. The molecule has 1 heterocycles. The van der Waals surface area contributed by atoms with Crippen molar-refractivity contribution in [1.82, 2.24) is 15.5 Å². The molecule has 9 heteroatoms. The first-order valence-electron chi connectivity index (χ1n) is 10.6. The Kier molecular flexibility index (Phi) is 8.75. The zero-order valence-electron chi connectivity index (χ0n) is 17.8. The fourth-order valence-corrected chi connectivity index (χ4v) is 3.29. The van der Waals surface area contributed by atoms with Crippen molar-refractivity contribution in [2.24, 2.45) is 0 Å². The number of ether oxygens (including phenoxy) is 2. The maximum Gasteiger partial charge on any atom is 0.416 e. The van der Waals surface area contributed by atoms with Gasteiger partial charge in [-0.1, -0.05) is 24.3 Å². The zero-order chi connectivity index (χ0) is 22.8. The summed E-state index contributed by atoms with van der Waals surface area (Å²) in [6.45, 7) is 5.44. The molecule has 32 heavy (non-hydrogen) atoms. The molecule has 174 valence electrons. The predicted molar refractivity (Wildman–Crippen MR) is 115 cm³/mol. The minimum absolute atomic E-state index is 0.321. The van der Waals surface area contributed by atoms with Crippen molar-refractivity contribution in [2.75, 3.05) is 46.0 Å². The highest BCUT2D eigenvalue weighted by Gasteiger charge is 2.29.